The molecular formula is C20H32N4O3S. The zero-order valence-electron chi connectivity index (χ0n) is 16.6. The van der Waals surface area contributed by atoms with E-state index in [1.807, 2.05) is 6.07 Å². The van der Waals surface area contributed by atoms with Gasteiger partial charge in [0.25, 0.3) is 0 Å². The van der Waals surface area contributed by atoms with Crippen LogP contribution in [-0.2, 0) is 14.8 Å². The molecule has 3 aliphatic rings. The van der Waals surface area contributed by atoms with Crippen LogP contribution in [0.4, 0.5) is 5.82 Å². The molecule has 8 heteroatoms. The van der Waals surface area contributed by atoms with Crippen molar-refractivity contribution in [3.8, 4) is 0 Å². The van der Waals surface area contributed by atoms with Gasteiger partial charge in [-0.3, -0.25) is 4.90 Å². The lowest BCUT2D eigenvalue weighted by atomic mass is 9.97. The second kappa shape index (κ2) is 9.07. The van der Waals surface area contributed by atoms with E-state index >= 15 is 0 Å². The summed E-state index contributed by atoms with van der Waals surface area (Å²) < 4.78 is 32.7. The summed E-state index contributed by atoms with van der Waals surface area (Å²) in [5.74, 6) is 1.52. The van der Waals surface area contributed by atoms with Crippen molar-refractivity contribution in [1.29, 1.82) is 0 Å². The molecule has 0 aromatic carbocycles. The van der Waals surface area contributed by atoms with Crippen LogP contribution in [0, 0.1) is 5.92 Å². The van der Waals surface area contributed by atoms with E-state index in [1.165, 1.54) is 6.42 Å². The molecule has 156 valence electrons. The maximum Gasteiger partial charge on any atom is 0.244 e. The van der Waals surface area contributed by atoms with Crippen molar-refractivity contribution in [1.82, 2.24) is 14.2 Å². The molecule has 1 aromatic rings. The summed E-state index contributed by atoms with van der Waals surface area (Å²) in [7, 11) is -3.41. The van der Waals surface area contributed by atoms with E-state index in [4.69, 9.17) is 4.74 Å². The first-order valence-corrected chi connectivity index (χ1v) is 12.1. The third-order valence-electron chi connectivity index (χ3n) is 6.14. The Morgan fingerprint density at radius 2 is 1.79 bits per heavy atom. The van der Waals surface area contributed by atoms with E-state index in [1.54, 1.807) is 16.6 Å². The van der Waals surface area contributed by atoms with Crippen molar-refractivity contribution in [3.63, 3.8) is 0 Å². The van der Waals surface area contributed by atoms with Crippen molar-refractivity contribution in [3.05, 3.63) is 18.3 Å². The average Bonchev–Trinajstić information content (AvgIpc) is 2.75. The fraction of sp³-hybridized carbons (Fsp3) is 0.750. The van der Waals surface area contributed by atoms with E-state index in [-0.39, 0.29) is 0 Å². The van der Waals surface area contributed by atoms with Crippen LogP contribution in [0.15, 0.2) is 23.2 Å². The zero-order valence-corrected chi connectivity index (χ0v) is 17.4. The number of sulfonamides is 1. The predicted molar refractivity (Wildman–Crippen MR) is 109 cm³/mol. The number of nitrogens with zero attached hydrogens (tertiary/aromatic N) is 4. The summed E-state index contributed by atoms with van der Waals surface area (Å²) >= 11 is 0. The minimum atomic E-state index is -3.41. The molecule has 0 saturated carbocycles. The number of rotatable bonds is 5. The quantitative estimate of drug-likeness (QED) is 0.740. The van der Waals surface area contributed by atoms with Crippen LogP contribution in [0.5, 0.6) is 0 Å². The van der Waals surface area contributed by atoms with E-state index in [0.717, 1.165) is 77.4 Å². The van der Waals surface area contributed by atoms with E-state index in [0.29, 0.717) is 23.9 Å². The smallest absolute Gasteiger partial charge is 0.244 e. The third kappa shape index (κ3) is 4.67. The second-order valence-electron chi connectivity index (χ2n) is 8.18. The van der Waals surface area contributed by atoms with Crippen molar-refractivity contribution >= 4 is 15.8 Å². The Balaban J connectivity index is 1.38. The van der Waals surface area contributed by atoms with E-state index in [2.05, 4.69) is 14.8 Å². The van der Waals surface area contributed by atoms with Crippen LogP contribution in [0.25, 0.3) is 0 Å². The van der Waals surface area contributed by atoms with Gasteiger partial charge in [0.2, 0.25) is 10.0 Å². The van der Waals surface area contributed by atoms with Gasteiger partial charge in [0.05, 0.1) is 13.2 Å². The highest BCUT2D eigenvalue weighted by molar-refractivity contribution is 7.89. The third-order valence-corrected chi connectivity index (χ3v) is 8.02. The van der Waals surface area contributed by atoms with Crippen LogP contribution in [-0.4, -0.2) is 81.6 Å². The first kappa shape index (κ1) is 20.1. The SMILES string of the molecule is O=S(=O)(c1ccc(N2CCCC(CN3CCOCC3)C2)nc1)N1CCCCC1. The summed E-state index contributed by atoms with van der Waals surface area (Å²) in [6.45, 7) is 8.07. The molecule has 0 aliphatic carbocycles. The Hall–Kier alpha value is -1.22. The average molecular weight is 409 g/mol. The minimum absolute atomic E-state index is 0.319. The fourth-order valence-corrected chi connectivity index (χ4v) is 6.00. The van der Waals surface area contributed by atoms with E-state index < -0.39 is 10.0 Å². The lowest BCUT2D eigenvalue weighted by Crippen LogP contribution is -2.44. The maximum absolute atomic E-state index is 12.8. The van der Waals surface area contributed by atoms with Crippen LogP contribution >= 0.6 is 0 Å². The molecule has 3 fully saturated rings. The number of ether oxygens (including phenoxy) is 1. The summed E-state index contributed by atoms with van der Waals surface area (Å²) in [5.41, 5.74) is 0. The molecule has 0 amide bonds. The van der Waals surface area contributed by atoms with Gasteiger partial charge in [0, 0.05) is 52.0 Å². The highest BCUT2D eigenvalue weighted by Gasteiger charge is 2.27. The van der Waals surface area contributed by atoms with Crippen molar-refractivity contribution in [2.45, 2.75) is 37.0 Å². The monoisotopic (exact) mass is 408 g/mol. The Kier molecular flexibility index (Phi) is 6.50. The molecule has 7 nitrogen and oxygen atoms in total. The molecular weight excluding hydrogens is 376 g/mol. The molecule has 0 bridgehead atoms. The van der Waals surface area contributed by atoms with Gasteiger partial charge in [-0.15, -0.1) is 0 Å². The van der Waals surface area contributed by atoms with Gasteiger partial charge in [0.1, 0.15) is 10.7 Å². The number of anilines is 1. The van der Waals surface area contributed by atoms with Gasteiger partial charge in [-0.2, -0.15) is 4.31 Å². The lowest BCUT2D eigenvalue weighted by molar-refractivity contribution is 0.0296. The van der Waals surface area contributed by atoms with Gasteiger partial charge in [0.15, 0.2) is 0 Å². The summed E-state index contributed by atoms with van der Waals surface area (Å²) in [4.78, 5) is 9.66. The Labute approximate surface area is 168 Å². The molecule has 0 N–H and O–H groups in total. The minimum Gasteiger partial charge on any atom is -0.379 e. The highest BCUT2D eigenvalue weighted by atomic mass is 32.2. The lowest BCUT2D eigenvalue weighted by Gasteiger charge is -2.37. The fourth-order valence-electron chi connectivity index (χ4n) is 4.54. The molecule has 4 rings (SSSR count). The van der Waals surface area contributed by atoms with Gasteiger partial charge in [-0.25, -0.2) is 13.4 Å². The molecule has 1 unspecified atom stereocenters. The van der Waals surface area contributed by atoms with Crippen LogP contribution < -0.4 is 4.90 Å². The van der Waals surface area contributed by atoms with Crippen molar-refractivity contribution in [2.24, 2.45) is 5.92 Å². The van der Waals surface area contributed by atoms with Crippen LogP contribution in [0.2, 0.25) is 0 Å². The Bertz CT molecular complexity index is 728. The first-order chi connectivity index (χ1) is 13.6. The summed E-state index contributed by atoms with van der Waals surface area (Å²) in [6.07, 6.45) is 6.96. The van der Waals surface area contributed by atoms with E-state index in [9.17, 15) is 8.42 Å². The molecule has 3 saturated heterocycles. The molecule has 28 heavy (non-hydrogen) atoms. The maximum atomic E-state index is 12.8. The normalized spacial score (nSPS) is 25.7. The Morgan fingerprint density at radius 3 is 2.50 bits per heavy atom. The second-order valence-corrected chi connectivity index (χ2v) is 10.1. The Morgan fingerprint density at radius 1 is 1.00 bits per heavy atom. The van der Waals surface area contributed by atoms with Crippen LogP contribution in [0.3, 0.4) is 0 Å². The predicted octanol–water partition coefficient (Wildman–Crippen LogP) is 1.80. The highest BCUT2D eigenvalue weighted by Crippen LogP contribution is 2.25. The number of morpholine rings is 1. The van der Waals surface area contributed by atoms with Gasteiger partial charge >= 0.3 is 0 Å². The van der Waals surface area contributed by atoms with Crippen LogP contribution in [0.1, 0.15) is 32.1 Å². The number of hydrogen-bond acceptors (Lipinski definition) is 6. The van der Waals surface area contributed by atoms with Gasteiger partial charge in [-0.05, 0) is 43.7 Å². The first-order valence-electron chi connectivity index (χ1n) is 10.6. The molecule has 0 spiro atoms. The van der Waals surface area contributed by atoms with Crippen molar-refractivity contribution < 1.29 is 13.2 Å². The van der Waals surface area contributed by atoms with Gasteiger partial charge in [-0.1, -0.05) is 6.42 Å². The molecule has 3 aliphatic heterocycles. The van der Waals surface area contributed by atoms with Gasteiger partial charge < -0.3 is 9.64 Å². The summed E-state index contributed by atoms with van der Waals surface area (Å²) in [5, 5.41) is 0. The molecule has 1 aromatic heterocycles. The number of pyridine rings is 1. The number of hydrogen-bond donors (Lipinski definition) is 0. The molecule has 0 radical (unpaired) electrons. The molecule has 4 heterocycles. The topological polar surface area (TPSA) is 66.0 Å². The number of piperidine rings is 2. The zero-order chi connectivity index (χ0) is 19.4. The number of aromatic nitrogens is 1. The largest absolute Gasteiger partial charge is 0.379 e. The standard InChI is InChI=1S/C20H32N4O3S/c25-28(26,24-9-2-1-3-10-24)19-6-7-20(21-15-19)23-8-4-5-18(17-23)16-22-11-13-27-14-12-22/h6-7,15,18H,1-5,8-14,16-17H2. The summed E-state index contributed by atoms with van der Waals surface area (Å²) in [6, 6.07) is 3.62. The van der Waals surface area contributed by atoms with Crippen molar-refractivity contribution in [2.75, 3.05) is 63.9 Å². The molecule has 1 atom stereocenters.